The molecule has 0 aromatic carbocycles. The molecule has 1 aliphatic carbocycles. The Kier molecular flexibility index (Phi) is 4.98. The first-order valence-electron chi connectivity index (χ1n) is 9.93. The topological polar surface area (TPSA) is 61.7 Å². The van der Waals surface area contributed by atoms with Gasteiger partial charge in [0.1, 0.15) is 0 Å². The van der Waals surface area contributed by atoms with Crippen LogP contribution in [0.5, 0.6) is 0 Å². The molecule has 1 saturated carbocycles. The molecule has 3 fully saturated rings. The highest BCUT2D eigenvalue weighted by Gasteiger charge is 2.36. The summed E-state index contributed by atoms with van der Waals surface area (Å²) in [6.45, 7) is 3.86. The average molecular weight is 359 g/mol. The fraction of sp³-hybridized carbons (Fsp3) is 0.737. The molecule has 0 N–H and O–H groups in total. The molecule has 26 heavy (non-hydrogen) atoms. The van der Waals surface area contributed by atoms with E-state index in [1.165, 1.54) is 12.8 Å². The summed E-state index contributed by atoms with van der Waals surface area (Å²) in [5.41, 5.74) is 0.885. The number of hydrogen-bond donors (Lipinski definition) is 0. The Morgan fingerprint density at radius 1 is 1.15 bits per heavy atom. The average Bonchev–Trinajstić information content (AvgIpc) is 3.39. The van der Waals surface area contributed by atoms with E-state index in [2.05, 4.69) is 10.00 Å². The van der Waals surface area contributed by atoms with Gasteiger partial charge in [-0.15, -0.1) is 0 Å². The summed E-state index contributed by atoms with van der Waals surface area (Å²) in [6, 6.07) is -0.0623. The molecule has 0 spiro atoms. The van der Waals surface area contributed by atoms with E-state index in [0.717, 1.165) is 63.6 Å². The van der Waals surface area contributed by atoms with Crippen LogP contribution >= 0.6 is 0 Å². The molecule has 2 saturated heterocycles. The van der Waals surface area contributed by atoms with Crippen molar-refractivity contribution in [3.05, 3.63) is 12.4 Å². The first-order chi connectivity index (χ1) is 12.6. The molecule has 0 bridgehead atoms. The number of nitrogens with zero attached hydrogens (tertiary/aromatic N) is 5. The van der Waals surface area contributed by atoms with Crippen LogP contribution < -0.4 is 4.90 Å². The fourth-order valence-corrected chi connectivity index (χ4v) is 4.17. The SMILES string of the molecule is Cn1cc(N2CCCC(N3CCN(C(=O)CCC4CC4)CC3)C2=O)cn1. The minimum absolute atomic E-state index is 0.0623. The molecule has 2 amide bonds. The molecule has 0 radical (unpaired) electrons. The highest BCUT2D eigenvalue weighted by Crippen LogP contribution is 2.33. The zero-order chi connectivity index (χ0) is 18.1. The van der Waals surface area contributed by atoms with Gasteiger partial charge in [0.05, 0.1) is 17.9 Å². The van der Waals surface area contributed by atoms with Crippen molar-refractivity contribution >= 4 is 17.5 Å². The molecule has 7 nitrogen and oxygen atoms in total. The van der Waals surface area contributed by atoms with Crippen molar-refractivity contribution in [1.82, 2.24) is 19.6 Å². The van der Waals surface area contributed by atoms with Gasteiger partial charge >= 0.3 is 0 Å². The third kappa shape index (κ3) is 3.77. The number of piperidine rings is 1. The summed E-state index contributed by atoms with van der Waals surface area (Å²) in [6.07, 6.45) is 9.93. The molecule has 1 aromatic rings. The number of piperazine rings is 1. The molecular weight excluding hydrogens is 330 g/mol. The number of amides is 2. The van der Waals surface area contributed by atoms with Crippen molar-refractivity contribution in [2.45, 2.75) is 44.6 Å². The Labute approximate surface area is 154 Å². The zero-order valence-corrected chi connectivity index (χ0v) is 15.6. The lowest BCUT2D eigenvalue weighted by molar-refractivity contribution is -0.134. The molecule has 2 aliphatic heterocycles. The van der Waals surface area contributed by atoms with E-state index in [1.807, 2.05) is 23.0 Å². The minimum Gasteiger partial charge on any atom is -0.340 e. The van der Waals surface area contributed by atoms with Gasteiger partial charge < -0.3 is 9.80 Å². The molecule has 4 rings (SSSR count). The summed E-state index contributed by atoms with van der Waals surface area (Å²) in [5, 5.41) is 4.19. The van der Waals surface area contributed by atoms with Crippen molar-refractivity contribution in [1.29, 1.82) is 0 Å². The van der Waals surface area contributed by atoms with Gasteiger partial charge in [0, 0.05) is 52.4 Å². The second-order valence-electron chi connectivity index (χ2n) is 7.92. The molecule has 142 valence electrons. The summed E-state index contributed by atoms with van der Waals surface area (Å²) in [4.78, 5) is 31.5. The van der Waals surface area contributed by atoms with Gasteiger partial charge in [0.25, 0.3) is 0 Å². The third-order valence-electron chi connectivity index (χ3n) is 5.98. The van der Waals surface area contributed by atoms with Crippen LogP contribution in [-0.4, -0.2) is 70.2 Å². The molecule has 1 atom stereocenters. The van der Waals surface area contributed by atoms with Gasteiger partial charge in [-0.3, -0.25) is 19.2 Å². The maximum Gasteiger partial charge on any atom is 0.244 e. The fourth-order valence-electron chi connectivity index (χ4n) is 4.17. The lowest BCUT2D eigenvalue weighted by atomic mass is 10.0. The summed E-state index contributed by atoms with van der Waals surface area (Å²) in [5.74, 6) is 1.28. The zero-order valence-electron chi connectivity index (χ0n) is 15.6. The van der Waals surface area contributed by atoms with Gasteiger partial charge in [-0.1, -0.05) is 12.8 Å². The Bertz CT molecular complexity index is 661. The van der Waals surface area contributed by atoms with Crippen LogP contribution in [-0.2, 0) is 16.6 Å². The molecule has 3 heterocycles. The van der Waals surface area contributed by atoms with Crippen molar-refractivity contribution < 1.29 is 9.59 Å². The number of hydrogen-bond acceptors (Lipinski definition) is 4. The van der Waals surface area contributed by atoms with Crippen LogP contribution in [0.2, 0.25) is 0 Å². The number of rotatable bonds is 5. The molecule has 7 heteroatoms. The van der Waals surface area contributed by atoms with Gasteiger partial charge in [0.15, 0.2) is 0 Å². The van der Waals surface area contributed by atoms with Crippen LogP contribution in [0.15, 0.2) is 12.4 Å². The van der Waals surface area contributed by atoms with E-state index < -0.39 is 0 Å². The predicted octanol–water partition coefficient (Wildman–Crippen LogP) is 1.25. The van der Waals surface area contributed by atoms with Crippen molar-refractivity contribution in [3.63, 3.8) is 0 Å². The molecule has 3 aliphatic rings. The van der Waals surface area contributed by atoms with Gasteiger partial charge in [0.2, 0.25) is 11.8 Å². The largest absolute Gasteiger partial charge is 0.340 e. The Morgan fingerprint density at radius 2 is 1.92 bits per heavy atom. The van der Waals surface area contributed by atoms with E-state index in [9.17, 15) is 9.59 Å². The Hall–Kier alpha value is -1.89. The maximum atomic E-state index is 13.0. The number of carbonyl (C=O) groups excluding carboxylic acids is 2. The van der Waals surface area contributed by atoms with Crippen molar-refractivity contribution in [2.75, 3.05) is 37.6 Å². The molecular formula is C19H29N5O2. The van der Waals surface area contributed by atoms with E-state index in [-0.39, 0.29) is 11.9 Å². The predicted molar refractivity (Wildman–Crippen MR) is 98.7 cm³/mol. The number of anilines is 1. The quantitative estimate of drug-likeness (QED) is 0.794. The number of aromatic nitrogens is 2. The molecule has 1 aromatic heterocycles. The van der Waals surface area contributed by atoms with E-state index in [0.29, 0.717) is 12.3 Å². The van der Waals surface area contributed by atoms with Crippen molar-refractivity contribution in [2.24, 2.45) is 13.0 Å². The minimum atomic E-state index is -0.0623. The van der Waals surface area contributed by atoms with Crippen LogP contribution in [0.4, 0.5) is 5.69 Å². The monoisotopic (exact) mass is 359 g/mol. The van der Waals surface area contributed by atoms with Gasteiger partial charge in [-0.2, -0.15) is 5.10 Å². The standard InChI is InChI=1S/C19H29N5O2/c1-21-14-16(13-20-21)24-8-2-3-17(19(24)26)22-9-11-23(12-10-22)18(25)7-6-15-4-5-15/h13-15,17H,2-12H2,1H3. The van der Waals surface area contributed by atoms with Crippen LogP contribution in [0, 0.1) is 5.92 Å². The first-order valence-corrected chi connectivity index (χ1v) is 9.93. The van der Waals surface area contributed by atoms with E-state index in [4.69, 9.17) is 0 Å². The third-order valence-corrected chi connectivity index (χ3v) is 5.98. The highest BCUT2D eigenvalue weighted by molar-refractivity contribution is 5.97. The molecule has 1 unspecified atom stereocenters. The highest BCUT2D eigenvalue weighted by atomic mass is 16.2. The van der Waals surface area contributed by atoms with Gasteiger partial charge in [-0.25, -0.2) is 0 Å². The normalized spacial score (nSPS) is 25.0. The first kappa shape index (κ1) is 17.5. The lowest BCUT2D eigenvalue weighted by Crippen LogP contribution is -2.58. The Balaban J connectivity index is 1.31. The Morgan fingerprint density at radius 3 is 2.58 bits per heavy atom. The maximum absolute atomic E-state index is 13.0. The van der Waals surface area contributed by atoms with E-state index >= 15 is 0 Å². The smallest absolute Gasteiger partial charge is 0.244 e. The number of carbonyl (C=O) groups is 2. The van der Waals surface area contributed by atoms with Crippen LogP contribution in [0.1, 0.15) is 38.5 Å². The van der Waals surface area contributed by atoms with E-state index in [1.54, 1.807) is 10.9 Å². The van der Waals surface area contributed by atoms with Gasteiger partial charge in [-0.05, 0) is 25.2 Å². The summed E-state index contributed by atoms with van der Waals surface area (Å²) in [7, 11) is 1.87. The number of aryl methyl sites for hydroxylation is 1. The second-order valence-corrected chi connectivity index (χ2v) is 7.92. The van der Waals surface area contributed by atoms with Crippen molar-refractivity contribution in [3.8, 4) is 0 Å². The lowest BCUT2D eigenvalue weighted by Gasteiger charge is -2.42. The van der Waals surface area contributed by atoms with Crippen LogP contribution in [0.25, 0.3) is 0 Å². The van der Waals surface area contributed by atoms with Crippen LogP contribution in [0.3, 0.4) is 0 Å². The second kappa shape index (κ2) is 7.39. The summed E-state index contributed by atoms with van der Waals surface area (Å²) >= 11 is 0. The summed E-state index contributed by atoms with van der Waals surface area (Å²) < 4.78 is 1.73.